The van der Waals surface area contributed by atoms with E-state index in [0.29, 0.717) is 18.1 Å². The normalized spacial score (nSPS) is 16.3. The monoisotopic (exact) mass is 281 g/mol. The van der Waals surface area contributed by atoms with E-state index >= 15 is 0 Å². The number of hydrogen-bond acceptors (Lipinski definition) is 3. The molecule has 0 unspecified atom stereocenters. The molecular formula is C12H12BrNO2. The molecule has 1 aromatic rings. The molecule has 4 heteroatoms. The Morgan fingerprint density at radius 2 is 2.19 bits per heavy atom. The molecule has 0 atom stereocenters. The van der Waals surface area contributed by atoms with Gasteiger partial charge in [0.1, 0.15) is 6.61 Å². The van der Waals surface area contributed by atoms with Gasteiger partial charge in [0, 0.05) is 4.47 Å². The predicted molar refractivity (Wildman–Crippen MR) is 63.5 cm³/mol. The zero-order chi connectivity index (χ0) is 11.6. The topological polar surface area (TPSA) is 42.2 Å². The van der Waals surface area contributed by atoms with E-state index in [2.05, 4.69) is 22.0 Å². The van der Waals surface area contributed by atoms with Crippen LogP contribution in [0.4, 0.5) is 0 Å². The van der Waals surface area contributed by atoms with Crippen molar-refractivity contribution in [3.63, 3.8) is 0 Å². The van der Waals surface area contributed by atoms with Crippen molar-refractivity contribution in [2.45, 2.75) is 12.8 Å². The van der Waals surface area contributed by atoms with Crippen LogP contribution in [0.5, 0.6) is 11.5 Å². The first kappa shape index (κ1) is 11.3. The van der Waals surface area contributed by atoms with Crippen molar-refractivity contribution in [3.05, 3.63) is 22.7 Å². The van der Waals surface area contributed by atoms with Gasteiger partial charge in [0.15, 0.2) is 11.5 Å². The minimum atomic E-state index is -0.252. The van der Waals surface area contributed by atoms with Gasteiger partial charge in [-0.15, -0.1) is 0 Å². The van der Waals surface area contributed by atoms with Crippen LogP contribution in [-0.2, 0) is 0 Å². The summed E-state index contributed by atoms with van der Waals surface area (Å²) >= 11 is 3.37. The molecule has 84 valence electrons. The second-order valence-electron chi connectivity index (χ2n) is 3.98. The van der Waals surface area contributed by atoms with Gasteiger partial charge in [-0.05, 0) is 31.0 Å². The van der Waals surface area contributed by atoms with Crippen LogP contribution in [-0.4, -0.2) is 13.7 Å². The highest BCUT2D eigenvalue weighted by atomic mass is 79.9. The largest absolute Gasteiger partial charge is 0.493 e. The van der Waals surface area contributed by atoms with Crippen molar-refractivity contribution in [1.29, 1.82) is 5.26 Å². The number of rotatable bonds is 4. The van der Waals surface area contributed by atoms with Crippen LogP contribution >= 0.6 is 15.9 Å². The van der Waals surface area contributed by atoms with Crippen LogP contribution in [0, 0.1) is 16.7 Å². The molecule has 0 heterocycles. The number of nitriles is 1. The second-order valence-corrected chi connectivity index (χ2v) is 4.89. The molecule has 1 saturated carbocycles. The van der Waals surface area contributed by atoms with Gasteiger partial charge in [-0.1, -0.05) is 15.9 Å². The fourth-order valence-corrected chi connectivity index (χ4v) is 1.76. The van der Waals surface area contributed by atoms with Crippen LogP contribution < -0.4 is 9.47 Å². The lowest BCUT2D eigenvalue weighted by molar-refractivity contribution is 0.254. The van der Waals surface area contributed by atoms with E-state index in [9.17, 15) is 0 Å². The first-order chi connectivity index (χ1) is 7.69. The number of methoxy groups -OCH3 is 1. The van der Waals surface area contributed by atoms with Gasteiger partial charge in [-0.25, -0.2) is 0 Å². The van der Waals surface area contributed by atoms with Crippen molar-refractivity contribution in [1.82, 2.24) is 0 Å². The third-order valence-electron chi connectivity index (χ3n) is 2.72. The third-order valence-corrected chi connectivity index (χ3v) is 3.21. The number of ether oxygens (including phenoxy) is 2. The molecule has 1 aromatic carbocycles. The lowest BCUT2D eigenvalue weighted by Crippen LogP contribution is -2.11. The molecule has 0 spiro atoms. The first-order valence-electron chi connectivity index (χ1n) is 5.07. The van der Waals surface area contributed by atoms with Gasteiger partial charge in [0.25, 0.3) is 0 Å². The second kappa shape index (κ2) is 4.34. The highest BCUT2D eigenvalue weighted by molar-refractivity contribution is 9.10. The molecule has 0 amide bonds. The van der Waals surface area contributed by atoms with Crippen molar-refractivity contribution in [2.24, 2.45) is 5.41 Å². The minimum Gasteiger partial charge on any atom is -0.493 e. The number of nitrogens with zero attached hydrogens (tertiary/aromatic N) is 1. The van der Waals surface area contributed by atoms with Gasteiger partial charge in [-0.2, -0.15) is 5.26 Å². The summed E-state index contributed by atoms with van der Waals surface area (Å²) in [5.41, 5.74) is -0.252. The molecule has 1 aliphatic rings. The molecule has 0 saturated heterocycles. The maximum absolute atomic E-state index is 8.94. The van der Waals surface area contributed by atoms with Crippen LogP contribution in [0.2, 0.25) is 0 Å². The Morgan fingerprint density at radius 3 is 2.75 bits per heavy atom. The third kappa shape index (κ3) is 2.30. The van der Waals surface area contributed by atoms with Crippen molar-refractivity contribution >= 4 is 15.9 Å². The van der Waals surface area contributed by atoms with E-state index in [0.717, 1.165) is 17.3 Å². The van der Waals surface area contributed by atoms with Gasteiger partial charge in [0.05, 0.1) is 18.6 Å². The molecule has 0 N–H and O–H groups in total. The summed E-state index contributed by atoms with van der Waals surface area (Å²) in [5, 5.41) is 8.94. The first-order valence-corrected chi connectivity index (χ1v) is 5.86. The smallest absolute Gasteiger partial charge is 0.161 e. The highest BCUT2D eigenvalue weighted by Gasteiger charge is 2.44. The molecule has 1 fully saturated rings. The summed E-state index contributed by atoms with van der Waals surface area (Å²) in [7, 11) is 1.60. The van der Waals surface area contributed by atoms with E-state index < -0.39 is 0 Å². The summed E-state index contributed by atoms with van der Waals surface area (Å²) < 4.78 is 11.8. The van der Waals surface area contributed by atoms with Crippen LogP contribution in [0.25, 0.3) is 0 Å². The lowest BCUT2D eigenvalue weighted by Gasteiger charge is -2.12. The van der Waals surface area contributed by atoms with Crippen molar-refractivity contribution in [3.8, 4) is 17.6 Å². The Balaban J connectivity index is 2.07. The van der Waals surface area contributed by atoms with Gasteiger partial charge >= 0.3 is 0 Å². The van der Waals surface area contributed by atoms with Crippen LogP contribution in [0.15, 0.2) is 22.7 Å². The standard InChI is InChI=1S/C12H12BrNO2/c1-15-11-6-9(13)2-3-10(11)16-8-12(7-14)4-5-12/h2-3,6H,4-5,8H2,1H3. The molecular weight excluding hydrogens is 270 g/mol. The highest BCUT2D eigenvalue weighted by Crippen LogP contribution is 2.45. The number of hydrogen-bond donors (Lipinski definition) is 0. The van der Waals surface area contributed by atoms with Crippen LogP contribution in [0.1, 0.15) is 12.8 Å². The summed E-state index contributed by atoms with van der Waals surface area (Å²) in [6.07, 6.45) is 1.87. The summed E-state index contributed by atoms with van der Waals surface area (Å²) in [6.45, 7) is 0.446. The average Bonchev–Trinajstić information content (AvgIpc) is 3.08. The van der Waals surface area contributed by atoms with Crippen molar-refractivity contribution in [2.75, 3.05) is 13.7 Å². The Kier molecular flexibility index (Phi) is 3.06. The van der Waals surface area contributed by atoms with Crippen LogP contribution in [0.3, 0.4) is 0 Å². The maximum atomic E-state index is 8.94. The van der Waals surface area contributed by atoms with Gasteiger partial charge in [-0.3, -0.25) is 0 Å². The zero-order valence-electron chi connectivity index (χ0n) is 9.00. The Bertz CT molecular complexity index is 435. The summed E-state index contributed by atoms with van der Waals surface area (Å²) in [5.74, 6) is 1.37. The minimum absolute atomic E-state index is 0.252. The quantitative estimate of drug-likeness (QED) is 0.852. The molecule has 0 radical (unpaired) electrons. The molecule has 2 rings (SSSR count). The summed E-state index contributed by atoms with van der Waals surface area (Å²) in [4.78, 5) is 0. The zero-order valence-corrected chi connectivity index (χ0v) is 10.6. The van der Waals surface area contributed by atoms with E-state index in [4.69, 9.17) is 14.7 Å². The Labute approximate surface area is 103 Å². The van der Waals surface area contributed by atoms with E-state index in [1.165, 1.54) is 0 Å². The average molecular weight is 282 g/mol. The molecule has 3 nitrogen and oxygen atoms in total. The molecule has 0 aliphatic heterocycles. The summed E-state index contributed by atoms with van der Waals surface area (Å²) in [6, 6.07) is 7.88. The Morgan fingerprint density at radius 1 is 1.44 bits per heavy atom. The van der Waals surface area contributed by atoms with Gasteiger partial charge in [0.2, 0.25) is 0 Å². The van der Waals surface area contributed by atoms with E-state index in [1.54, 1.807) is 7.11 Å². The Hall–Kier alpha value is -1.21. The van der Waals surface area contributed by atoms with Gasteiger partial charge < -0.3 is 9.47 Å². The SMILES string of the molecule is COc1cc(Br)ccc1OCC1(C#N)CC1. The fourth-order valence-electron chi connectivity index (χ4n) is 1.42. The number of benzene rings is 1. The number of halogens is 1. The van der Waals surface area contributed by atoms with Crippen molar-refractivity contribution < 1.29 is 9.47 Å². The van der Waals surface area contributed by atoms with E-state index in [1.807, 2.05) is 18.2 Å². The maximum Gasteiger partial charge on any atom is 0.161 e. The molecule has 16 heavy (non-hydrogen) atoms. The predicted octanol–water partition coefficient (Wildman–Crippen LogP) is 3.14. The molecule has 1 aliphatic carbocycles. The van der Waals surface area contributed by atoms with E-state index in [-0.39, 0.29) is 5.41 Å². The molecule has 0 aromatic heterocycles. The lowest BCUT2D eigenvalue weighted by atomic mass is 10.1. The fraction of sp³-hybridized carbons (Fsp3) is 0.417. The molecule has 0 bridgehead atoms.